The van der Waals surface area contributed by atoms with Crippen LogP contribution in [0.3, 0.4) is 0 Å². The van der Waals surface area contributed by atoms with Gasteiger partial charge in [0.2, 0.25) is 0 Å². The molecule has 0 saturated heterocycles. The summed E-state index contributed by atoms with van der Waals surface area (Å²) in [5, 5.41) is 0. The zero-order chi connectivity index (χ0) is 9.07. The van der Waals surface area contributed by atoms with Crippen LogP contribution in [0.15, 0.2) is 0 Å². The van der Waals surface area contributed by atoms with Crippen molar-refractivity contribution in [2.75, 3.05) is 0 Å². The molecule has 0 aliphatic rings. The molecule has 0 amide bonds. The van der Waals surface area contributed by atoms with Crippen molar-refractivity contribution in [3.8, 4) is 0 Å². The van der Waals surface area contributed by atoms with E-state index >= 15 is 0 Å². The van der Waals surface area contributed by atoms with E-state index in [9.17, 15) is 0 Å². The van der Waals surface area contributed by atoms with Gasteiger partial charge >= 0.3 is 0 Å². The van der Waals surface area contributed by atoms with Crippen LogP contribution in [0.1, 0.15) is 47.5 Å². The fourth-order valence-electron chi connectivity index (χ4n) is 1.20. The summed E-state index contributed by atoms with van der Waals surface area (Å²) in [5.41, 5.74) is 6.26. The fraction of sp³-hybridized carbons (Fsp3) is 1.00. The molecule has 0 radical (unpaired) electrons. The van der Waals surface area contributed by atoms with Crippen LogP contribution < -0.4 is 5.73 Å². The SMILES string of the molecule is CCC(C)(C)CC(C)C(C)N. The van der Waals surface area contributed by atoms with Gasteiger partial charge in [0.15, 0.2) is 0 Å². The fourth-order valence-corrected chi connectivity index (χ4v) is 1.20. The molecular weight excluding hydrogens is 134 g/mol. The maximum absolute atomic E-state index is 5.80. The molecule has 68 valence electrons. The second-order valence-electron chi connectivity index (χ2n) is 4.56. The molecule has 0 aromatic carbocycles. The number of hydrogen-bond acceptors (Lipinski definition) is 1. The van der Waals surface area contributed by atoms with Gasteiger partial charge in [0.25, 0.3) is 0 Å². The number of nitrogens with two attached hydrogens (primary N) is 1. The second-order valence-corrected chi connectivity index (χ2v) is 4.56. The lowest BCUT2D eigenvalue weighted by Gasteiger charge is -2.28. The Morgan fingerprint density at radius 2 is 1.73 bits per heavy atom. The van der Waals surface area contributed by atoms with E-state index in [0.717, 1.165) is 0 Å². The first-order chi connectivity index (χ1) is 4.89. The lowest BCUT2D eigenvalue weighted by Crippen LogP contribution is -2.28. The monoisotopic (exact) mass is 157 g/mol. The topological polar surface area (TPSA) is 26.0 Å². The van der Waals surface area contributed by atoms with E-state index in [0.29, 0.717) is 17.4 Å². The summed E-state index contributed by atoms with van der Waals surface area (Å²) < 4.78 is 0. The minimum Gasteiger partial charge on any atom is -0.328 e. The molecule has 2 atom stereocenters. The number of rotatable bonds is 4. The van der Waals surface area contributed by atoms with Crippen LogP contribution in [-0.4, -0.2) is 6.04 Å². The summed E-state index contributed by atoms with van der Waals surface area (Å²) in [5.74, 6) is 0.643. The summed E-state index contributed by atoms with van der Waals surface area (Å²) in [6.07, 6.45) is 2.48. The Balaban J connectivity index is 3.83. The van der Waals surface area contributed by atoms with Gasteiger partial charge < -0.3 is 5.73 Å². The average molecular weight is 157 g/mol. The maximum Gasteiger partial charge on any atom is 0.00363 e. The van der Waals surface area contributed by atoms with Gasteiger partial charge in [-0.2, -0.15) is 0 Å². The molecule has 2 N–H and O–H groups in total. The van der Waals surface area contributed by atoms with Crippen molar-refractivity contribution < 1.29 is 0 Å². The van der Waals surface area contributed by atoms with Crippen molar-refractivity contribution >= 4 is 0 Å². The molecule has 0 aliphatic heterocycles. The third-order valence-electron chi connectivity index (χ3n) is 2.73. The van der Waals surface area contributed by atoms with Crippen LogP contribution in [-0.2, 0) is 0 Å². The molecule has 0 bridgehead atoms. The quantitative estimate of drug-likeness (QED) is 0.667. The van der Waals surface area contributed by atoms with E-state index in [-0.39, 0.29) is 0 Å². The normalized spacial score (nSPS) is 18.0. The number of hydrogen-bond donors (Lipinski definition) is 1. The van der Waals surface area contributed by atoms with E-state index < -0.39 is 0 Å². The molecule has 0 aliphatic carbocycles. The highest BCUT2D eigenvalue weighted by molar-refractivity contribution is 4.74. The third kappa shape index (κ3) is 4.41. The molecule has 2 unspecified atom stereocenters. The summed E-state index contributed by atoms with van der Waals surface area (Å²) in [6, 6.07) is 0.334. The highest BCUT2D eigenvalue weighted by Gasteiger charge is 2.20. The zero-order valence-electron chi connectivity index (χ0n) is 8.65. The van der Waals surface area contributed by atoms with E-state index in [1.807, 2.05) is 0 Å². The van der Waals surface area contributed by atoms with Crippen molar-refractivity contribution in [1.82, 2.24) is 0 Å². The van der Waals surface area contributed by atoms with Gasteiger partial charge in [-0.25, -0.2) is 0 Å². The average Bonchev–Trinajstić information content (AvgIpc) is 1.87. The first-order valence-corrected chi connectivity index (χ1v) is 4.64. The predicted octanol–water partition coefficient (Wildman–Crippen LogP) is 2.80. The van der Waals surface area contributed by atoms with Crippen LogP contribution in [0, 0.1) is 11.3 Å². The van der Waals surface area contributed by atoms with Crippen molar-refractivity contribution in [2.24, 2.45) is 17.1 Å². The second kappa shape index (κ2) is 4.10. The van der Waals surface area contributed by atoms with E-state index in [1.54, 1.807) is 0 Å². The van der Waals surface area contributed by atoms with Crippen molar-refractivity contribution in [2.45, 2.75) is 53.5 Å². The Morgan fingerprint density at radius 3 is 2.00 bits per heavy atom. The van der Waals surface area contributed by atoms with Crippen molar-refractivity contribution in [3.63, 3.8) is 0 Å². The molecule has 0 fully saturated rings. The lowest BCUT2D eigenvalue weighted by atomic mass is 9.79. The lowest BCUT2D eigenvalue weighted by molar-refractivity contribution is 0.249. The Kier molecular flexibility index (Phi) is 4.09. The van der Waals surface area contributed by atoms with Crippen LogP contribution in [0.5, 0.6) is 0 Å². The van der Waals surface area contributed by atoms with Crippen LogP contribution >= 0.6 is 0 Å². The molecule has 1 heteroatoms. The highest BCUT2D eigenvalue weighted by atomic mass is 14.6. The Bertz CT molecular complexity index is 105. The van der Waals surface area contributed by atoms with Gasteiger partial charge in [0.1, 0.15) is 0 Å². The minimum absolute atomic E-state index is 0.334. The van der Waals surface area contributed by atoms with Gasteiger partial charge in [0.05, 0.1) is 0 Å². The summed E-state index contributed by atoms with van der Waals surface area (Å²) in [4.78, 5) is 0. The largest absolute Gasteiger partial charge is 0.328 e. The maximum atomic E-state index is 5.80. The van der Waals surface area contributed by atoms with Crippen LogP contribution in [0.25, 0.3) is 0 Å². The standard InChI is InChI=1S/C10H23N/c1-6-10(4,5)7-8(2)9(3)11/h8-9H,6-7,11H2,1-5H3. The molecule has 0 aromatic rings. The van der Waals surface area contributed by atoms with Gasteiger partial charge in [-0.1, -0.05) is 34.1 Å². The predicted molar refractivity (Wildman–Crippen MR) is 51.5 cm³/mol. The molecule has 1 nitrogen and oxygen atoms in total. The molecule has 0 heterocycles. The zero-order valence-corrected chi connectivity index (χ0v) is 8.65. The van der Waals surface area contributed by atoms with E-state index in [1.165, 1.54) is 12.8 Å². The van der Waals surface area contributed by atoms with Crippen molar-refractivity contribution in [3.05, 3.63) is 0 Å². The Morgan fingerprint density at radius 1 is 1.27 bits per heavy atom. The molecule has 0 aromatic heterocycles. The van der Waals surface area contributed by atoms with Crippen LogP contribution in [0.4, 0.5) is 0 Å². The summed E-state index contributed by atoms with van der Waals surface area (Å²) in [7, 11) is 0. The molecule has 0 rings (SSSR count). The van der Waals surface area contributed by atoms with E-state index in [2.05, 4.69) is 34.6 Å². The molecule has 0 spiro atoms. The Hall–Kier alpha value is -0.0400. The van der Waals surface area contributed by atoms with Gasteiger partial charge in [-0.15, -0.1) is 0 Å². The third-order valence-corrected chi connectivity index (χ3v) is 2.73. The summed E-state index contributed by atoms with van der Waals surface area (Å²) in [6.45, 7) is 11.2. The minimum atomic E-state index is 0.334. The molecule has 0 saturated carbocycles. The van der Waals surface area contributed by atoms with Crippen LogP contribution in [0.2, 0.25) is 0 Å². The van der Waals surface area contributed by atoms with Gasteiger partial charge in [-0.05, 0) is 24.7 Å². The smallest absolute Gasteiger partial charge is 0.00363 e. The van der Waals surface area contributed by atoms with Gasteiger partial charge in [0, 0.05) is 6.04 Å². The molecule has 11 heavy (non-hydrogen) atoms. The van der Waals surface area contributed by atoms with Gasteiger partial charge in [-0.3, -0.25) is 0 Å². The van der Waals surface area contributed by atoms with Crippen molar-refractivity contribution in [1.29, 1.82) is 0 Å². The first kappa shape index (κ1) is 11.0. The Labute approximate surface area is 71.4 Å². The highest BCUT2D eigenvalue weighted by Crippen LogP contribution is 2.29. The first-order valence-electron chi connectivity index (χ1n) is 4.64. The molecular formula is C10H23N. The summed E-state index contributed by atoms with van der Waals surface area (Å²) >= 11 is 0. The van der Waals surface area contributed by atoms with E-state index in [4.69, 9.17) is 5.73 Å².